The van der Waals surface area contributed by atoms with E-state index in [-0.39, 0.29) is 11.7 Å². The summed E-state index contributed by atoms with van der Waals surface area (Å²) in [6, 6.07) is 4.95. The first kappa shape index (κ1) is 13.8. The van der Waals surface area contributed by atoms with Gasteiger partial charge in [0.2, 0.25) is 0 Å². The minimum atomic E-state index is -0.344. The monoisotopic (exact) mass is 292 g/mol. The fraction of sp³-hybridized carbons (Fsp3) is 0.0833. The molecule has 0 atom stereocenters. The van der Waals surface area contributed by atoms with Gasteiger partial charge in [-0.1, -0.05) is 11.2 Å². The van der Waals surface area contributed by atoms with Gasteiger partial charge in [0.15, 0.2) is 5.84 Å². The molecule has 104 valence electrons. The Morgan fingerprint density at radius 1 is 1.55 bits per heavy atom. The SMILES string of the molecule is COc1cccc(/C(N)=N/O)c1NC(=O)c1cncs1. The Morgan fingerprint density at radius 2 is 2.35 bits per heavy atom. The number of hydrogen-bond acceptors (Lipinski definition) is 6. The highest BCUT2D eigenvalue weighted by molar-refractivity contribution is 7.11. The summed E-state index contributed by atoms with van der Waals surface area (Å²) in [5.74, 6) is -0.0561. The van der Waals surface area contributed by atoms with Crippen molar-refractivity contribution in [1.82, 2.24) is 4.98 Å². The van der Waals surface area contributed by atoms with Gasteiger partial charge in [-0.05, 0) is 12.1 Å². The number of para-hydroxylation sites is 1. The Hall–Kier alpha value is -2.61. The van der Waals surface area contributed by atoms with Gasteiger partial charge in [-0.25, -0.2) is 0 Å². The van der Waals surface area contributed by atoms with Gasteiger partial charge in [-0.3, -0.25) is 9.78 Å². The minimum Gasteiger partial charge on any atom is -0.495 e. The number of carbonyl (C=O) groups is 1. The zero-order valence-corrected chi connectivity index (χ0v) is 11.3. The maximum atomic E-state index is 12.1. The number of thiazole rings is 1. The van der Waals surface area contributed by atoms with Gasteiger partial charge < -0.3 is 21.0 Å². The number of anilines is 1. The van der Waals surface area contributed by atoms with Crippen LogP contribution in [0.5, 0.6) is 5.75 Å². The van der Waals surface area contributed by atoms with Crippen molar-refractivity contribution in [2.75, 3.05) is 12.4 Å². The molecule has 2 aromatic rings. The molecule has 8 heteroatoms. The van der Waals surface area contributed by atoms with Crippen molar-refractivity contribution >= 4 is 28.8 Å². The molecule has 0 aliphatic carbocycles. The van der Waals surface area contributed by atoms with E-state index >= 15 is 0 Å². The zero-order valence-electron chi connectivity index (χ0n) is 10.5. The van der Waals surface area contributed by atoms with Crippen molar-refractivity contribution in [3.05, 3.63) is 40.3 Å². The topological polar surface area (TPSA) is 110 Å². The third-order valence-electron chi connectivity index (χ3n) is 2.52. The van der Waals surface area contributed by atoms with E-state index in [1.54, 1.807) is 23.7 Å². The van der Waals surface area contributed by atoms with Crippen molar-refractivity contribution in [3.63, 3.8) is 0 Å². The average Bonchev–Trinajstić information content (AvgIpc) is 3.01. The molecule has 4 N–H and O–H groups in total. The first-order valence-electron chi connectivity index (χ1n) is 5.52. The first-order valence-corrected chi connectivity index (χ1v) is 6.40. The van der Waals surface area contributed by atoms with Crippen LogP contribution in [0.15, 0.2) is 35.1 Å². The van der Waals surface area contributed by atoms with Gasteiger partial charge in [-0.2, -0.15) is 0 Å². The molecule has 0 spiro atoms. The maximum Gasteiger partial charge on any atom is 0.267 e. The van der Waals surface area contributed by atoms with Crippen LogP contribution in [0.1, 0.15) is 15.2 Å². The highest BCUT2D eigenvalue weighted by atomic mass is 32.1. The summed E-state index contributed by atoms with van der Waals surface area (Å²) < 4.78 is 5.18. The minimum absolute atomic E-state index is 0.122. The van der Waals surface area contributed by atoms with Gasteiger partial charge in [-0.15, -0.1) is 11.3 Å². The third-order valence-corrected chi connectivity index (χ3v) is 3.30. The van der Waals surface area contributed by atoms with Gasteiger partial charge in [0, 0.05) is 5.56 Å². The van der Waals surface area contributed by atoms with Crippen molar-refractivity contribution in [3.8, 4) is 5.75 Å². The summed E-state index contributed by atoms with van der Waals surface area (Å²) >= 11 is 1.21. The quantitative estimate of drug-likeness (QED) is 0.342. The molecule has 1 amide bonds. The number of oxime groups is 1. The Labute approximate surface area is 118 Å². The molecule has 7 nitrogen and oxygen atoms in total. The number of aromatic nitrogens is 1. The second kappa shape index (κ2) is 6.02. The lowest BCUT2D eigenvalue weighted by Gasteiger charge is -2.13. The second-order valence-corrected chi connectivity index (χ2v) is 4.57. The number of benzene rings is 1. The highest BCUT2D eigenvalue weighted by Gasteiger charge is 2.16. The lowest BCUT2D eigenvalue weighted by molar-refractivity contribution is 0.103. The number of nitrogens with zero attached hydrogens (tertiary/aromatic N) is 2. The number of rotatable bonds is 4. The van der Waals surface area contributed by atoms with Gasteiger partial charge in [0.05, 0.1) is 24.5 Å². The van der Waals surface area contributed by atoms with Crippen molar-refractivity contribution in [1.29, 1.82) is 0 Å². The molecule has 0 saturated heterocycles. The fourth-order valence-electron chi connectivity index (χ4n) is 1.60. The number of methoxy groups -OCH3 is 1. The van der Waals surface area contributed by atoms with Crippen LogP contribution in [0.3, 0.4) is 0 Å². The Morgan fingerprint density at radius 3 is 2.95 bits per heavy atom. The lowest BCUT2D eigenvalue weighted by Crippen LogP contribution is -2.19. The van der Waals surface area contributed by atoms with E-state index in [4.69, 9.17) is 15.7 Å². The van der Waals surface area contributed by atoms with Gasteiger partial charge >= 0.3 is 0 Å². The van der Waals surface area contributed by atoms with E-state index in [1.807, 2.05) is 0 Å². The smallest absolute Gasteiger partial charge is 0.267 e. The molecule has 0 fully saturated rings. The van der Waals surface area contributed by atoms with E-state index in [0.717, 1.165) is 0 Å². The summed E-state index contributed by atoms with van der Waals surface area (Å²) in [5.41, 5.74) is 7.86. The summed E-state index contributed by atoms with van der Waals surface area (Å²) in [4.78, 5) is 16.4. The largest absolute Gasteiger partial charge is 0.495 e. The van der Waals surface area contributed by atoms with Crippen molar-refractivity contribution in [2.45, 2.75) is 0 Å². The molecular weight excluding hydrogens is 280 g/mol. The van der Waals surface area contributed by atoms with Crippen LogP contribution in [0.4, 0.5) is 5.69 Å². The number of nitrogens with two attached hydrogens (primary N) is 1. The molecular formula is C12H12N4O3S. The Bertz CT molecular complexity index is 640. The number of nitrogens with one attached hydrogen (secondary N) is 1. The number of carbonyl (C=O) groups excluding carboxylic acids is 1. The maximum absolute atomic E-state index is 12.1. The molecule has 0 unspecified atom stereocenters. The zero-order chi connectivity index (χ0) is 14.5. The Balaban J connectivity index is 2.41. The summed E-state index contributed by atoms with van der Waals surface area (Å²) in [6.45, 7) is 0. The number of amides is 1. The average molecular weight is 292 g/mol. The molecule has 0 radical (unpaired) electrons. The van der Waals surface area contributed by atoms with Crippen LogP contribution in [-0.4, -0.2) is 29.0 Å². The molecule has 0 aliphatic heterocycles. The van der Waals surface area contributed by atoms with Crippen LogP contribution in [0.2, 0.25) is 0 Å². The second-order valence-electron chi connectivity index (χ2n) is 3.69. The molecule has 0 bridgehead atoms. The van der Waals surface area contributed by atoms with Crippen LogP contribution in [-0.2, 0) is 0 Å². The summed E-state index contributed by atoms with van der Waals surface area (Å²) in [6.07, 6.45) is 1.46. The van der Waals surface area contributed by atoms with Crippen LogP contribution in [0, 0.1) is 0 Å². The van der Waals surface area contributed by atoms with E-state index < -0.39 is 0 Å². The highest BCUT2D eigenvalue weighted by Crippen LogP contribution is 2.29. The van der Waals surface area contributed by atoms with E-state index in [9.17, 15) is 4.79 Å². The standard InChI is InChI=1S/C12H12N4O3S/c1-19-8-4-2-3-7(11(13)16-18)10(8)15-12(17)9-5-14-6-20-9/h2-6,18H,1H3,(H2,13,16)(H,15,17). The number of ether oxygens (including phenoxy) is 1. The normalized spacial score (nSPS) is 11.2. The predicted molar refractivity (Wildman–Crippen MR) is 75.6 cm³/mol. The van der Waals surface area contributed by atoms with Gasteiger partial charge in [0.1, 0.15) is 10.6 Å². The van der Waals surface area contributed by atoms with Crippen LogP contribution in [0.25, 0.3) is 0 Å². The van der Waals surface area contributed by atoms with E-state index in [0.29, 0.717) is 21.9 Å². The molecule has 2 rings (SSSR count). The molecule has 0 aliphatic rings. The van der Waals surface area contributed by atoms with E-state index in [2.05, 4.69) is 15.5 Å². The lowest BCUT2D eigenvalue weighted by atomic mass is 10.1. The van der Waals surface area contributed by atoms with Crippen molar-refractivity contribution in [2.24, 2.45) is 10.9 Å². The fourth-order valence-corrected chi connectivity index (χ4v) is 2.12. The summed E-state index contributed by atoms with van der Waals surface area (Å²) in [5, 5.41) is 14.4. The Kier molecular flexibility index (Phi) is 4.16. The summed E-state index contributed by atoms with van der Waals surface area (Å²) in [7, 11) is 1.47. The van der Waals surface area contributed by atoms with Crippen LogP contribution >= 0.6 is 11.3 Å². The predicted octanol–water partition coefficient (Wildman–Crippen LogP) is 1.50. The third kappa shape index (κ3) is 2.69. The van der Waals surface area contributed by atoms with E-state index in [1.165, 1.54) is 24.6 Å². The molecule has 1 heterocycles. The number of hydrogen-bond donors (Lipinski definition) is 3. The molecule has 1 aromatic heterocycles. The molecule has 0 saturated carbocycles. The number of amidine groups is 1. The molecule has 1 aromatic carbocycles. The molecule has 20 heavy (non-hydrogen) atoms. The van der Waals surface area contributed by atoms with Gasteiger partial charge in [0.25, 0.3) is 5.91 Å². The van der Waals surface area contributed by atoms with Crippen molar-refractivity contribution < 1.29 is 14.7 Å². The first-order chi connectivity index (χ1) is 9.67. The van der Waals surface area contributed by atoms with Crippen LogP contribution < -0.4 is 15.8 Å².